The quantitative estimate of drug-likeness (QED) is 0.654. The molecule has 2 fully saturated rings. The maximum Gasteiger partial charge on any atom is 0.416 e. The Hall–Kier alpha value is -1.40. The summed E-state index contributed by atoms with van der Waals surface area (Å²) in [5, 5.41) is 3.10. The number of aromatic nitrogens is 1. The van der Waals surface area contributed by atoms with E-state index in [-0.39, 0.29) is 0 Å². The first-order valence-electron chi connectivity index (χ1n) is 9.38. The van der Waals surface area contributed by atoms with Crippen LogP contribution >= 0.6 is 11.3 Å². The van der Waals surface area contributed by atoms with Crippen molar-refractivity contribution in [2.75, 3.05) is 13.1 Å². The summed E-state index contributed by atoms with van der Waals surface area (Å²) in [6.45, 7) is 2.29. The van der Waals surface area contributed by atoms with Crippen molar-refractivity contribution in [1.29, 1.82) is 0 Å². The van der Waals surface area contributed by atoms with Gasteiger partial charge in [0.2, 0.25) is 0 Å². The molecule has 0 bridgehead atoms. The van der Waals surface area contributed by atoms with E-state index in [4.69, 9.17) is 4.98 Å². The fraction of sp³-hybridized carbons (Fsp3) is 0.550. The topological polar surface area (TPSA) is 16.1 Å². The van der Waals surface area contributed by atoms with E-state index in [9.17, 15) is 13.2 Å². The smallest absolute Gasteiger partial charge is 0.300 e. The summed E-state index contributed by atoms with van der Waals surface area (Å²) in [4.78, 5) is 7.38. The highest BCUT2D eigenvalue weighted by Crippen LogP contribution is 2.36. The highest BCUT2D eigenvalue weighted by atomic mass is 32.1. The number of alkyl halides is 3. The Morgan fingerprint density at radius 3 is 2.23 bits per heavy atom. The second kappa shape index (κ2) is 7.31. The number of hydrogen-bond acceptors (Lipinski definition) is 3. The minimum atomic E-state index is -4.29. The molecule has 0 spiro atoms. The first-order chi connectivity index (χ1) is 12.5. The van der Waals surface area contributed by atoms with Gasteiger partial charge in [-0.25, -0.2) is 4.98 Å². The van der Waals surface area contributed by atoms with Gasteiger partial charge in [0.25, 0.3) is 0 Å². The minimum absolute atomic E-state index is 0.487. The van der Waals surface area contributed by atoms with Crippen LogP contribution in [0.4, 0.5) is 13.2 Å². The van der Waals surface area contributed by atoms with Crippen LogP contribution in [0.1, 0.15) is 55.0 Å². The molecular weight excluding hydrogens is 357 g/mol. The fourth-order valence-electron chi connectivity index (χ4n) is 4.22. The number of halogens is 3. The van der Waals surface area contributed by atoms with Gasteiger partial charge in [-0.3, -0.25) is 0 Å². The summed E-state index contributed by atoms with van der Waals surface area (Å²) in [6.07, 6.45) is 3.41. The van der Waals surface area contributed by atoms with Gasteiger partial charge in [-0.1, -0.05) is 25.0 Å². The lowest BCUT2D eigenvalue weighted by atomic mass is 9.96. The van der Waals surface area contributed by atoms with Crippen LogP contribution in [-0.4, -0.2) is 29.0 Å². The van der Waals surface area contributed by atoms with Gasteiger partial charge in [0, 0.05) is 22.9 Å². The molecule has 4 rings (SSSR count). The van der Waals surface area contributed by atoms with Crippen LogP contribution in [0.2, 0.25) is 0 Å². The standard InChI is InChI=1S/C20H23F3N2S/c21-20(22,23)16-7-5-14(6-8-16)18-13-26-19(24-18)15-9-11-25(12-10-15)17-3-1-2-4-17/h5-8,13,15,17H,1-4,9-12H2. The number of thiazole rings is 1. The van der Waals surface area contributed by atoms with Gasteiger partial charge in [-0.05, 0) is 50.9 Å². The van der Waals surface area contributed by atoms with Crippen LogP contribution in [0, 0.1) is 0 Å². The average molecular weight is 380 g/mol. The Labute approximate surface area is 156 Å². The van der Waals surface area contributed by atoms with Gasteiger partial charge in [-0.15, -0.1) is 11.3 Å². The molecule has 2 aromatic rings. The highest BCUT2D eigenvalue weighted by molar-refractivity contribution is 7.10. The average Bonchev–Trinajstić information content (AvgIpc) is 3.33. The summed E-state index contributed by atoms with van der Waals surface area (Å²) in [5.41, 5.74) is 0.928. The zero-order valence-electron chi connectivity index (χ0n) is 14.6. The summed E-state index contributed by atoms with van der Waals surface area (Å²) >= 11 is 1.64. The van der Waals surface area contributed by atoms with E-state index in [0.29, 0.717) is 5.92 Å². The molecule has 1 aromatic carbocycles. The summed E-state index contributed by atoms with van der Waals surface area (Å²) < 4.78 is 38.1. The third-order valence-corrected chi connectivity index (χ3v) is 6.76. The summed E-state index contributed by atoms with van der Waals surface area (Å²) in [5.74, 6) is 0.487. The van der Waals surface area contributed by atoms with Crippen LogP contribution < -0.4 is 0 Å². The van der Waals surface area contributed by atoms with Crippen LogP contribution in [0.3, 0.4) is 0 Å². The van der Waals surface area contributed by atoms with E-state index >= 15 is 0 Å². The molecule has 0 atom stereocenters. The lowest BCUT2D eigenvalue weighted by molar-refractivity contribution is -0.137. The van der Waals surface area contributed by atoms with E-state index in [1.54, 1.807) is 11.3 Å². The molecule has 0 radical (unpaired) electrons. The maximum absolute atomic E-state index is 12.7. The third kappa shape index (κ3) is 3.81. The monoisotopic (exact) mass is 380 g/mol. The Bertz CT molecular complexity index is 724. The van der Waals surface area contributed by atoms with E-state index in [1.807, 2.05) is 5.38 Å². The van der Waals surface area contributed by atoms with Crippen LogP contribution in [0.25, 0.3) is 11.3 Å². The second-order valence-corrected chi connectivity index (χ2v) is 8.28. The second-order valence-electron chi connectivity index (χ2n) is 7.39. The normalized spacial score (nSPS) is 20.7. The van der Waals surface area contributed by atoms with Gasteiger partial charge in [-0.2, -0.15) is 13.2 Å². The third-order valence-electron chi connectivity index (χ3n) is 5.75. The van der Waals surface area contributed by atoms with E-state index in [0.717, 1.165) is 60.4 Å². The molecular formula is C20H23F3N2S. The van der Waals surface area contributed by atoms with E-state index in [2.05, 4.69) is 4.90 Å². The van der Waals surface area contributed by atoms with E-state index < -0.39 is 11.7 Å². The predicted octanol–water partition coefficient (Wildman–Crippen LogP) is 5.95. The number of benzene rings is 1. The Kier molecular flexibility index (Phi) is 5.06. The van der Waals surface area contributed by atoms with Crippen molar-refractivity contribution in [1.82, 2.24) is 9.88 Å². The van der Waals surface area contributed by atoms with Crippen molar-refractivity contribution >= 4 is 11.3 Å². The van der Waals surface area contributed by atoms with Crippen LogP contribution in [-0.2, 0) is 6.18 Å². The molecule has 2 nitrogen and oxygen atoms in total. The van der Waals surface area contributed by atoms with Gasteiger partial charge in [0.05, 0.1) is 16.3 Å². The molecule has 1 saturated heterocycles. The molecule has 2 heterocycles. The van der Waals surface area contributed by atoms with Crippen LogP contribution in [0.5, 0.6) is 0 Å². The van der Waals surface area contributed by atoms with Crippen molar-refractivity contribution in [2.24, 2.45) is 0 Å². The zero-order valence-corrected chi connectivity index (χ0v) is 15.5. The van der Waals surface area contributed by atoms with E-state index in [1.165, 1.54) is 37.8 Å². The molecule has 2 aliphatic rings. The number of hydrogen-bond donors (Lipinski definition) is 0. The molecule has 0 amide bonds. The SMILES string of the molecule is FC(F)(F)c1ccc(-c2csc(C3CCN(C4CCCC4)CC3)n2)cc1. The maximum atomic E-state index is 12.7. The molecule has 0 unspecified atom stereocenters. The number of piperidine rings is 1. The van der Waals surface area contributed by atoms with Crippen molar-refractivity contribution in [3.8, 4) is 11.3 Å². The largest absolute Gasteiger partial charge is 0.416 e. The number of likely N-dealkylation sites (tertiary alicyclic amines) is 1. The van der Waals surface area contributed by atoms with Gasteiger partial charge < -0.3 is 4.90 Å². The molecule has 0 N–H and O–H groups in total. The summed E-state index contributed by atoms with van der Waals surface area (Å²) in [6, 6.07) is 6.09. The highest BCUT2D eigenvalue weighted by Gasteiger charge is 2.31. The first kappa shape index (κ1) is 18.0. The molecule has 1 aromatic heterocycles. The fourth-order valence-corrected chi connectivity index (χ4v) is 5.22. The summed E-state index contributed by atoms with van der Waals surface area (Å²) in [7, 11) is 0. The number of nitrogens with zero attached hydrogens (tertiary/aromatic N) is 2. The van der Waals surface area contributed by atoms with Gasteiger partial charge in [0.15, 0.2) is 0 Å². The van der Waals surface area contributed by atoms with Crippen LogP contribution in [0.15, 0.2) is 29.6 Å². The molecule has 26 heavy (non-hydrogen) atoms. The van der Waals surface area contributed by atoms with Crippen molar-refractivity contribution in [3.63, 3.8) is 0 Å². The molecule has 1 aliphatic heterocycles. The first-order valence-corrected chi connectivity index (χ1v) is 10.3. The van der Waals surface area contributed by atoms with Gasteiger partial charge >= 0.3 is 6.18 Å². The zero-order chi connectivity index (χ0) is 18.1. The van der Waals surface area contributed by atoms with Crippen molar-refractivity contribution < 1.29 is 13.2 Å². The van der Waals surface area contributed by atoms with Gasteiger partial charge in [0.1, 0.15) is 0 Å². The molecule has 1 saturated carbocycles. The molecule has 1 aliphatic carbocycles. The predicted molar refractivity (Wildman–Crippen MR) is 98.4 cm³/mol. The molecule has 6 heteroatoms. The molecule has 140 valence electrons. The lowest BCUT2D eigenvalue weighted by Crippen LogP contribution is -2.39. The Morgan fingerprint density at radius 2 is 1.62 bits per heavy atom. The van der Waals surface area contributed by atoms with Crippen molar-refractivity contribution in [2.45, 2.75) is 56.7 Å². The van der Waals surface area contributed by atoms with Crippen molar-refractivity contribution in [3.05, 3.63) is 40.2 Å². The number of rotatable bonds is 3. The Balaban J connectivity index is 1.40. The Morgan fingerprint density at radius 1 is 0.962 bits per heavy atom. The minimum Gasteiger partial charge on any atom is -0.300 e. The lowest BCUT2D eigenvalue weighted by Gasteiger charge is -2.35.